The van der Waals surface area contributed by atoms with Crippen LogP contribution in [0.25, 0.3) is 10.9 Å². The number of benzene rings is 1. The van der Waals surface area contributed by atoms with E-state index in [0.29, 0.717) is 0 Å². The van der Waals surface area contributed by atoms with Crippen LogP contribution in [0.2, 0.25) is 0 Å². The summed E-state index contributed by atoms with van der Waals surface area (Å²) < 4.78 is 2.25. The highest BCUT2D eigenvalue weighted by Crippen LogP contribution is 2.21. The Morgan fingerprint density at radius 1 is 1.20 bits per heavy atom. The average molecular weight is 268 g/mol. The number of hydrogen-bond donors (Lipinski definition) is 1. The van der Waals surface area contributed by atoms with E-state index in [0.717, 1.165) is 19.5 Å². The molecule has 0 aliphatic rings. The van der Waals surface area contributed by atoms with E-state index in [1.54, 1.807) is 0 Å². The molecule has 1 aromatic carbocycles. The second-order valence-corrected chi connectivity index (χ2v) is 6.15. The Balaban J connectivity index is 2.21. The zero-order valence-electron chi connectivity index (χ0n) is 13.0. The molecule has 2 nitrogen and oxygen atoms in total. The maximum absolute atomic E-state index is 3.55. The van der Waals surface area contributed by atoms with Crippen LogP contribution in [0.15, 0.2) is 30.5 Å². The summed E-state index contributed by atoms with van der Waals surface area (Å²) in [6.07, 6.45) is 3.30. The van der Waals surface area contributed by atoms with Crippen molar-refractivity contribution in [1.82, 2.24) is 9.88 Å². The number of rotatable bonds is 4. The largest absolute Gasteiger partial charge is 0.336 e. The molecule has 0 atom stereocenters. The number of fused-ring (bicyclic) bond motifs is 1. The third-order valence-electron chi connectivity index (χ3n) is 3.35. The van der Waals surface area contributed by atoms with E-state index in [1.165, 1.54) is 16.5 Å². The lowest BCUT2D eigenvalue weighted by atomic mass is 10.1. The van der Waals surface area contributed by atoms with Crippen LogP contribution in [0.1, 0.15) is 33.3 Å². The minimum atomic E-state index is 0.173. The molecule has 0 amide bonds. The number of nitrogens with zero attached hydrogens (tertiary/aromatic N) is 1. The molecule has 106 valence electrons. The first-order valence-electron chi connectivity index (χ1n) is 7.22. The fraction of sp³-hybridized carbons (Fsp3) is 0.444. The van der Waals surface area contributed by atoms with Crippen molar-refractivity contribution in [3.63, 3.8) is 0 Å². The summed E-state index contributed by atoms with van der Waals surface area (Å²) >= 11 is 0. The molecule has 1 N–H and O–H groups in total. The van der Waals surface area contributed by atoms with Gasteiger partial charge in [0.15, 0.2) is 0 Å². The molecule has 0 bridgehead atoms. The maximum atomic E-state index is 3.55. The zero-order chi connectivity index (χ0) is 14.6. The van der Waals surface area contributed by atoms with Crippen LogP contribution in [0.3, 0.4) is 0 Å². The molecule has 0 saturated carbocycles. The standard InChI is InChI=1S/C18H24N2/c1-5-6-13-20-14-15(11-12-19-18(2,3)4)16-9-7-8-10-17(16)20/h7-10,14,19H,11-13H2,1-4H3. The van der Waals surface area contributed by atoms with Crippen LogP contribution in [0.4, 0.5) is 0 Å². The van der Waals surface area contributed by atoms with Crippen LogP contribution >= 0.6 is 0 Å². The van der Waals surface area contributed by atoms with Gasteiger partial charge in [0, 0.05) is 22.6 Å². The van der Waals surface area contributed by atoms with Crippen molar-refractivity contribution in [1.29, 1.82) is 0 Å². The summed E-state index contributed by atoms with van der Waals surface area (Å²) in [5.74, 6) is 6.12. The fourth-order valence-electron chi connectivity index (χ4n) is 2.39. The third-order valence-corrected chi connectivity index (χ3v) is 3.35. The number of nitrogens with one attached hydrogen (secondary N) is 1. The Kier molecular flexibility index (Phi) is 4.52. The summed E-state index contributed by atoms with van der Waals surface area (Å²) in [7, 11) is 0. The molecule has 0 aliphatic heterocycles. The molecular weight excluding hydrogens is 244 g/mol. The average Bonchev–Trinajstić information content (AvgIpc) is 2.74. The van der Waals surface area contributed by atoms with E-state index in [1.807, 2.05) is 6.92 Å². The van der Waals surface area contributed by atoms with Crippen LogP contribution in [0, 0.1) is 11.8 Å². The Morgan fingerprint density at radius 2 is 1.95 bits per heavy atom. The van der Waals surface area contributed by atoms with Gasteiger partial charge in [-0.2, -0.15) is 0 Å². The van der Waals surface area contributed by atoms with Gasteiger partial charge in [-0.05, 0) is 52.3 Å². The highest BCUT2D eigenvalue weighted by atomic mass is 15.0. The van der Waals surface area contributed by atoms with Crippen LogP contribution < -0.4 is 5.32 Å². The van der Waals surface area contributed by atoms with E-state index in [2.05, 4.69) is 73.0 Å². The molecule has 0 saturated heterocycles. The summed E-state index contributed by atoms with van der Waals surface area (Å²) in [4.78, 5) is 0. The molecule has 1 heterocycles. The summed E-state index contributed by atoms with van der Waals surface area (Å²) in [5, 5.41) is 4.90. The van der Waals surface area contributed by atoms with Gasteiger partial charge in [0.2, 0.25) is 0 Å². The summed E-state index contributed by atoms with van der Waals surface area (Å²) in [6.45, 7) is 10.3. The van der Waals surface area contributed by atoms with Crippen LogP contribution in [0.5, 0.6) is 0 Å². The highest BCUT2D eigenvalue weighted by Gasteiger charge is 2.10. The number of hydrogen-bond acceptors (Lipinski definition) is 1. The topological polar surface area (TPSA) is 17.0 Å². The minimum Gasteiger partial charge on any atom is -0.336 e. The van der Waals surface area contributed by atoms with E-state index in [4.69, 9.17) is 0 Å². The molecular formula is C18H24N2. The predicted octanol–water partition coefficient (Wildman–Crippen LogP) is 3.60. The van der Waals surface area contributed by atoms with E-state index in [-0.39, 0.29) is 5.54 Å². The molecule has 0 aliphatic carbocycles. The van der Waals surface area contributed by atoms with Crippen molar-refractivity contribution in [3.8, 4) is 11.8 Å². The quantitative estimate of drug-likeness (QED) is 0.838. The molecule has 20 heavy (non-hydrogen) atoms. The SMILES string of the molecule is CC#CCn1cc(CCNC(C)(C)C)c2ccccc21. The van der Waals surface area contributed by atoms with E-state index < -0.39 is 0 Å². The second-order valence-electron chi connectivity index (χ2n) is 6.15. The lowest BCUT2D eigenvalue weighted by Gasteiger charge is -2.20. The van der Waals surface area contributed by atoms with Gasteiger partial charge in [0.25, 0.3) is 0 Å². The van der Waals surface area contributed by atoms with Crippen molar-refractivity contribution < 1.29 is 0 Å². The first kappa shape index (κ1) is 14.7. The maximum Gasteiger partial charge on any atom is 0.0837 e. The molecule has 0 spiro atoms. The molecule has 1 aromatic heterocycles. The number of aromatic nitrogens is 1. The normalized spacial score (nSPS) is 11.4. The summed E-state index contributed by atoms with van der Waals surface area (Å²) in [5.41, 5.74) is 2.85. The Labute approximate surface area is 122 Å². The van der Waals surface area contributed by atoms with Crippen molar-refractivity contribution >= 4 is 10.9 Å². The first-order chi connectivity index (χ1) is 9.51. The Bertz CT molecular complexity index is 633. The number of para-hydroxylation sites is 1. The highest BCUT2D eigenvalue weighted by molar-refractivity contribution is 5.84. The van der Waals surface area contributed by atoms with Gasteiger partial charge >= 0.3 is 0 Å². The molecule has 0 unspecified atom stereocenters. The third kappa shape index (κ3) is 3.65. The smallest absolute Gasteiger partial charge is 0.0837 e. The fourth-order valence-corrected chi connectivity index (χ4v) is 2.39. The van der Waals surface area contributed by atoms with Gasteiger partial charge in [-0.3, -0.25) is 0 Å². The van der Waals surface area contributed by atoms with E-state index in [9.17, 15) is 0 Å². The van der Waals surface area contributed by atoms with Crippen molar-refractivity contribution in [3.05, 3.63) is 36.0 Å². The first-order valence-corrected chi connectivity index (χ1v) is 7.22. The van der Waals surface area contributed by atoms with Gasteiger partial charge in [0.05, 0.1) is 6.54 Å². The van der Waals surface area contributed by atoms with Crippen molar-refractivity contribution in [2.24, 2.45) is 0 Å². The van der Waals surface area contributed by atoms with Crippen molar-refractivity contribution in [2.75, 3.05) is 6.54 Å². The van der Waals surface area contributed by atoms with Crippen LogP contribution in [-0.4, -0.2) is 16.7 Å². The molecule has 2 heteroatoms. The molecule has 2 rings (SSSR count). The Hall–Kier alpha value is -1.72. The Morgan fingerprint density at radius 3 is 2.65 bits per heavy atom. The van der Waals surface area contributed by atoms with Gasteiger partial charge in [-0.25, -0.2) is 0 Å². The second kappa shape index (κ2) is 6.15. The molecule has 0 fully saturated rings. The van der Waals surface area contributed by atoms with Gasteiger partial charge in [0.1, 0.15) is 0 Å². The lowest BCUT2D eigenvalue weighted by molar-refractivity contribution is 0.430. The van der Waals surface area contributed by atoms with Gasteiger partial charge in [-0.15, -0.1) is 5.92 Å². The van der Waals surface area contributed by atoms with Gasteiger partial charge in [-0.1, -0.05) is 24.1 Å². The lowest BCUT2D eigenvalue weighted by Crippen LogP contribution is -2.37. The van der Waals surface area contributed by atoms with Crippen LogP contribution in [-0.2, 0) is 13.0 Å². The van der Waals surface area contributed by atoms with Crippen molar-refractivity contribution in [2.45, 2.75) is 46.2 Å². The molecule has 0 radical (unpaired) electrons. The molecule has 2 aromatic rings. The van der Waals surface area contributed by atoms with Gasteiger partial charge < -0.3 is 9.88 Å². The summed E-state index contributed by atoms with van der Waals surface area (Å²) in [6, 6.07) is 8.58. The predicted molar refractivity (Wildman–Crippen MR) is 86.8 cm³/mol. The van der Waals surface area contributed by atoms with E-state index >= 15 is 0 Å². The monoisotopic (exact) mass is 268 g/mol. The minimum absolute atomic E-state index is 0.173. The zero-order valence-corrected chi connectivity index (χ0v) is 13.0.